The highest BCUT2D eigenvalue weighted by molar-refractivity contribution is 6.23. The summed E-state index contributed by atoms with van der Waals surface area (Å²) in [6.07, 6.45) is 0.0144. The van der Waals surface area contributed by atoms with Gasteiger partial charge in [-0.15, -0.1) is 0 Å². The summed E-state index contributed by atoms with van der Waals surface area (Å²) >= 11 is 0. The van der Waals surface area contributed by atoms with E-state index in [1.54, 1.807) is 6.07 Å². The largest absolute Gasteiger partial charge is 0.373 e. The Kier molecular flexibility index (Phi) is 3.86. The quantitative estimate of drug-likeness (QED) is 0.886. The molecule has 1 unspecified atom stereocenters. The smallest absolute Gasteiger partial charge is 0.256 e. The molecule has 1 heterocycles. The first-order chi connectivity index (χ1) is 11.0. The van der Waals surface area contributed by atoms with E-state index in [1.807, 2.05) is 32.0 Å². The maximum absolute atomic E-state index is 13.9. The third kappa shape index (κ3) is 2.82. The monoisotopic (exact) mass is 312 g/mol. The highest BCUT2D eigenvalue weighted by Gasteiger charge is 2.40. The maximum atomic E-state index is 13.9. The lowest BCUT2D eigenvalue weighted by molar-refractivity contribution is -0.121. The predicted octanol–water partition coefficient (Wildman–Crippen LogP) is 3.19. The van der Waals surface area contributed by atoms with Gasteiger partial charge in [-0.05, 0) is 43.2 Å². The van der Waals surface area contributed by atoms with Gasteiger partial charge in [-0.2, -0.15) is 0 Å². The molecule has 0 spiro atoms. The predicted molar refractivity (Wildman–Crippen MR) is 86.8 cm³/mol. The van der Waals surface area contributed by atoms with E-state index in [0.717, 1.165) is 21.7 Å². The number of hydrogen-bond acceptors (Lipinski definition) is 3. The molecule has 0 aliphatic carbocycles. The maximum Gasteiger partial charge on any atom is 0.256 e. The van der Waals surface area contributed by atoms with Crippen molar-refractivity contribution in [3.63, 3.8) is 0 Å². The van der Waals surface area contributed by atoms with Crippen LogP contribution in [0.25, 0.3) is 0 Å². The SMILES string of the molecule is Cc1ccc(C)c(NC2CC(=O)N(c3ccccc3F)C2=O)c1. The van der Waals surface area contributed by atoms with Gasteiger partial charge < -0.3 is 5.32 Å². The topological polar surface area (TPSA) is 49.4 Å². The molecule has 23 heavy (non-hydrogen) atoms. The number of aryl methyl sites for hydroxylation is 2. The number of nitrogens with zero attached hydrogens (tertiary/aromatic N) is 1. The van der Waals surface area contributed by atoms with Gasteiger partial charge in [0.25, 0.3) is 5.91 Å². The van der Waals surface area contributed by atoms with Gasteiger partial charge in [0.15, 0.2) is 0 Å². The Bertz CT molecular complexity index is 788. The molecule has 5 heteroatoms. The van der Waals surface area contributed by atoms with Crippen molar-refractivity contribution in [1.29, 1.82) is 0 Å². The van der Waals surface area contributed by atoms with E-state index in [0.29, 0.717) is 0 Å². The molecule has 0 aromatic heterocycles. The lowest BCUT2D eigenvalue weighted by Gasteiger charge is -2.17. The van der Waals surface area contributed by atoms with E-state index in [9.17, 15) is 14.0 Å². The zero-order valence-corrected chi connectivity index (χ0v) is 13.0. The normalized spacial score (nSPS) is 17.7. The van der Waals surface area contributed by atoms with Gasteiger partial charge in [0.1, 0.15) is 11.9 Å². The van der Waals surface area contributed by atoms with Crippen molar-refractivity contribution in [1.82, 2.24) is 0 Å². The number of nitrogens with one attached hydrogen (secondary N) is 1. The van der Waals surface area contributed by atoms with Crippen LogP contribution in [0.3, 0.4) is 0 Å². The van der Waals surface area contributed by atoms with E-state index in [2.05, 4.69) is 5.32 Å². The van der Waals surface area contributed by atoms with Crippen molar-refractivity contribution in [2.24, 2.45) is 0 Å². The lowest BCUT2D eigenvalue weighted by atomic mass is 10.1. The minimum Gasteiger partial charge on any atom is -0.373 e. The Morgan fingerprint density at radius 1 is 1.13 bits per heavy atom. The van der Waals surface area contributed by atoms with Crippen LogP contribution in [0.5, 0.6) is 0 Å². The molecule has 1 aliphatic heterocycles. The highest BCUT2D eigenvalue weighted by Crippen LogP contribution is 2.28. The number of rotatable bonds is 3. The molecule has 0 saturated carbocycles. The Morgan fingerprint density at radius 3 is 2.61 bits per heavy atom. The molecule has 0 radical (unpaired) electrons. The van der Waals surface area contributed by atoms with Crippen molar-refractivity contribution in [3.05, 3.63) is 59.4 Å². The van der Waals surface area contributed by atoms with Crippen molar-refractivity contribution in [2.75, 3.05) is 10.2 Å². The fourth-order valence-electron chi connectivity index (χ4n) is 2.71. The third-order valence-corrected chi connectivity index (χ3v) is 3.96. The van der Waals surface area contributed by atoms with Gasteiger partial charge in [-0.3, -0.25) is 9.59 Å². The van der Waals surface area contributed by atoms with E-state index < -0.39 is 23.7 Å². The second-order valence-electron chi connectivity index (χ2n) is 5.74. The lowest BCUT2D eigenvalue weighted by Crippen LogP contribution is -2.35. The third-order valence-electron chi connectivity index (χ3n) is 3.96. The molecule has 0 bridgehead atoms. The van der Waals surface area contributed by atoms with Gasteiger partial charge in [0, 0.05) is 5.69 Å². The van der Waals surface area contributed by atoms with Crippen LogP contribution in [0.1, 0.15) is 17.5 Å². The number of para-hydroxylation sites is 1. The van der Waals surface area contributed by atoms with Crippen LogP contribution in [-0.2, 0) is 9.59 Å². The number of benzene rings is 2. The average molecular weight is 312 g/mol. The van der Waals surface area contributed by atoms with Crippen LogP contribution in [0.2, 0.25) is 0 Å². The number of carbonyl (C=O) groups excluding carboxylic acids is 2. The van der Waals surface area contributed by atoms with E-state index in [-0.39, 0.29) is 12.1 Å². The molecule has 1 N–H and O–H groups in total. The molecule has 3 rings (SSSR count). The van der Waals surface area contributed by atoms with Gasteiger partial charge >= 0.3 is 0 Å². The van der Waals surface area contributed by atoms with Crippen LogP contribution < -0.4 is 10.2 Å². The Morgan fingerprint density at radius 2 is 1.87 bits per heavy atom. The Hall–Kier alpha value is -2.69. The second kappa shape index (κ2) is 5.83. The first kappa shape index (κ1) is 15.2. The Labute approximate surface area is 133 Å². The molecule has 2 aromatic rings. The van der Waals surface area contributed by atoms with E-state index >= 15 is 0 Å². The van der Waals surface area contributed by atoms with Crippen LogP contribution in [0.15, 0.2) is 42.5 Å². The van der Waals surface area contributed by atoms with Crippen LogP contribution in [0, 0.1) is 19.7 Å². The molecule has 118 valence electrons. The molecular formula is C18H17FN2O2. The van der Waals surface area contributed by atoms with Crippen LogP contribution >= 0.6 is 0 Å². The summed E-state index contributed by atoms with van der Waals surface area (Å²) in [7, 11) is 0. The standard InChI is InChI=1S/C18H17FN2O2/c1-11-7-8-12(2)14(9-11)20-15-10-17(22)21(18(15)23)16-6-4-3-5-13(16)19/h3-9,15,20H,10H2,1-2H3. The fraction of sp³-hybridized carbons (Fsp3) is 0.222. The highest BCUT2D eigenvalue weighted by atomic mass is 19.1. The molecule has 4 nitrogen and oxygen atoms in total. The van der Waals surface area contributed by atoms with Crippen LogP contribution in [0.4, 0.5) is 15.8 Å². The fourth-order valence-corrected chi connectivity index (χ4v) is 2.71. The summed E-state index contributed by atoms with van der Waals surface area (Å²) < 4.78 is 13.9. The van der Waals surface area contributed by atoms with Crippen molar-refractivity contribution in [2.45, 2.75) is 26.3 Å². The number of amides is 2. The van der Waals surface area contributed by atoms with Crippen molar-refractivity contribution < 1.29 is 14.0 Å². The zero-order valence-electron chi connectivity index (χ0n) is 13.0. The van der Waals surface area contributed by atoms with E-state index in [4.69, 9.17) is 0 Å². The molecule has 1 fully saturated rings. The molecule has 2 aromatic carbocycles. The van der Waals surface area contributed by atoms with E-state index in [1.165, 1.54) is 18.2 Å². The number of imide groups is 1. The molecular weight excluding hydrogens is 295 g/mol. The molecule has 1 saturated heterocycles. The van der Waals surface area contributed by atoms with Crippen molar-refractivity contribution >= 4 is 23.2 Å². The number of anilines is 2. The minimum atomic E-state index is -0.678. The second-order valence-corrected chi connectivity index (χ2v) is 5.74. The van der Waals surface area contributed by atoms with Gasteiger partial charge in [0.2, 0.25) is 5.91 Å². The first-order valence-electron chi connectivity index (χ1n) is 7.42. The Balaban J connectivity index is 1.87. The summed E-state index contributed by atoms with van der Waals surface area (Å²) in [6.45, 7) is 3.88. The van der Waals surface area contributed by atoms with Gasteiger partial charge in [0.05, 0.1) is 12.1 Å². The number of hydrogen-bond donors (Lipinski definition) is 1. The summed E-state index contributed by atoms with van der Waals surface area (Å²) in [5.74, 6) is -1.41. The summed E-state index contributed by atoms with van der Waals surface area (Å²) in [5.41, 5.74) is 2.86. The summed E-state index contributed by atoms with van der Waals surface area (Å²) in [5, 5.41) is 3.11. The number of halogens is 1. The van der Waals surface area contributed by atoms with Crippen LogP contribution in [-0.4, -0.2) is 17.9 Å². The summed E-state index contributed by atoms with van der Waals surface area (Å²) in [6, 6.07) is 11.0. The van der Waals surface area contributed by atoms with Gasteiger partial charge in [-0.1, -0.05) is 24.3 Å². The number of carbonyl (C=O) groups is 2. The molecule has 1 aliphatic rings. The zero-order chi connectivity index (χ0) is 16.6. The summed E-state index contributed by atoms with van der Waals surface area (Å²) in [4.78, 5) is 25.7. The first-order valence-corrected chi connectivity index (χ1v) is 7.42. The van der Waals surface area contributed by atoms with Crippen molar-refractivity contribution in [3.8, 4) is 0 Å². The minimum absolute atomic E-state index is 0.00719. The average Bonchev–Trinajstić information content (AvgIpc) is 2.78. The molecule has 2 amide bonds. The molecule has 1 atom stereocenters. The van der Waals surface area contributed by atoms with Gasteiger partial charge in [-0.25, -0.2) is 9.29 Å².